The summed E-state index contributed by atoms with van der Waals surface area (Å²) >= 11 is 0. The number of fused-ring (bicyclic) bond motifs is 2. The number of carbonyl (C=O) groups excluding carboxylic acids is 1. The maximum Gasteiger partial charge on any atom is 0.221 e. The molecule has 1 aliphatic heterocycles. The highest BCUT2D eigenvalue weighted by atomic mass is 16.5. The predicted molar refractivity (Wildman–Crippen MR) is 116 cm³/mol. The summed E-state index contributed by atoms with van der Waals surface area (Å²) in [5, 5.41) is 3.04. The molecule has 1 aliphatic rings. The number of benzene rings is 2. The number of carbonyl (C=O) groups is 1. The van der Waals surface area contributed by atoms with E-state index in [0.29, 0.717) is 19.5 Å². The number of hydrogen-bond acceptors (Lipinski definition) is 5. The Hall–Kier alpha value is -3.06. The van der Waals surface area contributed by atoms with Gasteiger partial charge < -0.3 is 19.4 Å². The van der Waals surface area contributed by atoms with Gasteiger partial charge in [0.25, 0.3) is 0 Å². The minimum Gasteiger partial charge on any atom is -0.497 e. The third-order valence-corrected chi connectivity index (χ3v) is 5.37. The van der Waals surface area contributed by atoms with Crippen LogP contribution in [-0.4, -0.2) is 53.2 Å². The zero-order valence-corrected chi connectivity index (χ0v) is 17.5. The summed E-state index contributed by atoms with van der Waals surface area (Å²) < 4.78 is 13.4. The van der Waals surface area contributed by atoms with Gasteiger partial charge in [-0.25, -0.2) is 4.98 Å². The first-order valence-corrected chi connectivity index (χ1v) is 10.3. The molecule has 4 rings (SSSR count). The van der Waals surface area contributed by atoms with Crippen molar-refractivity contribution in [3.63, 3.8) is 0 Å². The van der Waals surface area contributed by atoms with Crippen LogP contribution in [0.15, 0.2) is 48.8 Å². The van der Waals surface area contributed by atoms with E-state index in [1.807, 2.05) is 47.0 Å². The van der Waals surface area contributed by atoms with Gasteiger partial charge >= 0.3 is 0 Å². The highest BCUT2D eigenvalue weighted by molar-refractivity contribution is 5.77. The molecule has 1 N–H and O–H groups in total. The van der Waals surface area contributed by atoms with Crippen molar-refractivity contribution in [2.75, 3.05) is 26.7 Å². The van der Waals surface area contributed by atoms with Crippen molar-refractivity contribution in [2.45, 2.75) is 32.5 Å². The molecule has 1 atom stereocenters. The number of methoxy groups -OCH3 is 1. The molecule has 0 saturated carbocycles. The molecule has 0 radical (unpaired) electrons. The molecule has 158 valence electrons. The second kappa shape index (κ2) is 9.17. The number of amides is 1. The van der Waals surface area contributed by atoms with Crippen molar-refractivity contribution < 1.29 is 14.3 Å². The van der Waals surface area contributed by atoms with E-state index in [-0.39, 0.29) is 12.0 Å². The lowest BCUT2D eigenvalue weighted by molar-refractivity contribution is -0.121. The highest BCUT2D eigenvalue weighted by Gasteiger charge is 2.20. The molecule has 1 unspecified atom stereocenters. The average molecular weight is 409 g/mol. The summed E-state index contributed by atoms with van der Waals surface area (Å²) in [6.45, 7) is 5.68. The van der Waals surface area contributed by atoms with E-state index in [4.69, 9.17) is 9.47 Å². The number of ether oxygens (including phenoxy) is 2. The van der Waals surface area contributed by atoms with Gasteiger partial charge in [0.05, 0.1) is 24.5 Å². The van der Waals surface area contributed by atoms with Crippen LogP contribution in [0.2, 0.25) is 0 Å². The SMILES string of the molecule is COc1ccc2c(c1)OC(C)CN(CCNC(=O)CCn1cnc3ccccc31)C2. The minimum atomic E-state index is 0.0528. The number of nitrogens with one attached hydrogen (secondary N) is 1. The van der Waals surface area contributed by atoms with E-state index < -0.39 is 0 Å². The fourth-order valence-electron chi connectivity index (χ4n) is 3.85. The molecule has 2 heterocycles. The highest BCUT2D eigenvalue weighted by Crippen LogP contribution is 2.29. The monoisotopic (exact) mass is 408 g/mol. The van der Waals surface area contributed by atoms with Crippen LogP contribution in [0.3, 0.4) is 0 Å². The smallest absolute Gasteiger partial charge is 0.221 e. The third-order valence-electron chi connectivity index (χ3n) is 5.37. The second-order valence-electron chi connectivity index (χ2n) is 7.66. The Kier molecular flexibility index (Phi) is 6.18. The van der Waals surface area contributed by atoms with Crippen LogP contribution in [0.5, 0.6) is 11.5 Å². The molecule has 0 bridgehead atoms. The first-order chi connectivity index (χ1) is 14.6. The number of para-hydroxylation sites is 2. The Morgan fingerprint density at radius 3 is 3.00 bits per heavy atom. The van der Waals surface area contributed by atoms with Gasteiger partial charge in [0.1, 0.15) is 17.6 Å². The number of aromatic nitrogens is 2. The van der Waals surface area contributed by atoms with Crippen LogP contribution < -0.4 is 14.8 Å². The lowest BCUT2D eigenvalue weighted by Crippen LogP contribution is -2.38. The first kappa shape index (κ1) is 20.2. The van der Waals surface area contributed by atoms with E-state index in [1.165, 1.54) is 0 Å². The topological polar surface area (TPSA) is 68.6 Å². The van der Waals surface area contributed by atoms with Gasteiger partial charge in [-0.1, -0.05) is 18.2 Å². The molecular weight excluding hydrogens is 380 g/mol. The lowest BCUT2D eigenvalue weighted by atomic mass is 10.2. The molecule has 2 aromatic carbocycles. The molecule has 0 aliphatic carbocycles. The number of nitrogens with zero attached hydrogens (tertiary/aromatic N) is 3. The molecule has 1 amide bonds. The van der Waals surface area contributed by atoms with Crippen molar-refractivity contribution >= 4 is 16.9 Å². The summed E-state index contributed by atoms with van der Waals surface area (Å²) in [5.41, 5.74) is 3.14. The molecule has 0 saturated heterocycles. The number of imidazole rings is 1. The minimum absolute atomic E-state index is 0.0528. The Morgan fingerprint density at radius 2 is 2.13 bits per heavy atom. The van der Waals surface area contributed by atoms with Gasteiger partial charge in [0.2, 0.25) is 5.91 Å². The number of rotatable bonds is 7. The van der Waals surface area contributed by atoms with Crippen molar-refractivity contribution in [1.82, 2.24) is 19.8 Å². The molecule has 7 nitrogen and oxygen atoms in total. The standard InChI is InChI=1S/C23H28N4O3/c1-17-14-26(15-18-7-8-19(29-2)13-22(18)30-17)12-10-24-23(28)9-11-27-16-25-20-5-3-4-6-21(20)27/h3-8,13,16-17H,9-12,14-15H2,1-2H3,(H,24,28). The van der Waals surface area contributed by atoms with E-state index in [2.05, 4.69) is 22.1 Å². The first-order valence-electron chi connectivity index (χ1n) is 10.3. The third kappa shape index (κ3) is 4.74. The van der Waals surface area contributed by atoms with Crippen molar-refractivity contribution in [2.24, 2.45) is 0 Å². The van der Waals surface area contributed by atoms with Crippen LogP contribution in [0, 0.1) is 0 Å². The van der Waals surface area contributed by atoms with Crippen molar-refractivity contribution in [3.05, 3.63) is 54.4 Å². The second-order valence-corrected chi connectivity index (χ2v) is 7.66. The summed E-state index contributed by atoms with van der Waals surface area (Å²) in [6.07, 6.45) is 2.30. The summed E-state index contributed by atoms with van der Waals surface area (Å²) in [7, 11) is 1.66. The van der Waals surface area contributed by atoms with E-state index in [9.17, 15) is 4.79 Å². The largest absolute Gasteiger partial charge is 0.497 e. The Labute approximate surface area is 176 Å². The molecule has 0 spiro atoms. The molecule has 1 aromatic heterocycles. The molecule has 7 heteroatoms. The van der Waals surface area contributed by atoms with Gasteiger partial charge in [-0.3, -0.25) is 9.69 Å². The van der Waals surface area contributed by atoms with Crippen molar-refractivity contribution in [3.8, 4) is 11.5 Å². The van der Waals surface area contributed by atoms with Crippen LogP contribution >= 0.6 is 0 Å². The summed E-state index contributed by atoms with van der Waals surface area (Å²) in [5.74, 6) is 1.73. The maximum absolute atomic E-state index is 12.3. The summed E-state index contributed by atoms with van der Waals surface area (Å²) in [6, 6.07) is 13.9. The molecular formula is C23H28N4O3. The number of aryl methyl sites for hydroxylation is 1. The zero-order chi connectivity index (χ0) is 20.9. The summed E-state index contributed by atoms with van der Waals surface area (Å²) in [4.78, 5) is 19.0. The average Bonchev–Trinajstić information content (AvgIpc) is 3.08. The van der Waals surface area contributed by atoms with Crippen molar-refractivity contribution in [1.29, 1.82) is 0 Å². The van der Waals surface area contributed by atoms with Crippen LogP contribution in [0.4, 0.5) is 0 Å². The van der Waals surface area contributed by atoms with E-state index in [1.54, 1.807) is 13.4 Å². The van der Waals surface area contributed by atoms with Gasteiger partial charge in [-0.2, -0.15) is 0 Å². The van der Waals surface area contributed by atoms with Crippen LogP contribution in [0.1, 0.15) is 18.9 Å². The Morgan fingerprint density at radius 1 is 1.27 bits per heavy atom. The lowest BCUT2D eigenvalue weighted by Gasteiger charge is -2.21. The predicted octanol–water partition coefficient (Wildman–Crippen LogP) is 2.83. The van der Waals surface area contributed by atoms with Crippen LogP contribution in [0.25, 0.3) is 11.0 Å². The van der Waals surface area contributed by atoms with Crippen LogP contribution in [-0.2, 0) is 17.9 Å². The quantitative estimate of drug-likeness (QED) is 0.651. The zero-order valence-electron chi connectivity index (χ0n) is 17.5. The van der Waals surface area contributed by atoms with E-state index >= 15 is 0 Å². The Balaban J connectivity index is 1.26. The fraction of sp³-hybridized carbons (Fsp3) is 0.391. The van der Waals surface area contributed by atoms with Gasteiger partial charge in [0, 0.05) is 50.8 Å². The van der Waals surface area contributed by atoms with Gasteiger partial charge in [0.15, 0.2) is 0 Å². The fourth-order valence-corrected chi connectivity index (χ4v) is 3.85. The molecule has 30 heavy (non-hydrogen) atoms. The van der Waals surface area contributed by atoms with E-state index in [0.717, 1.165) is 47.7 Å². The Bertz CT molecular complexity index is 1020. The normalized spacial score (nSPS) is 16.5. The maximum atomic E-state index is 12.3. The number of hydrogen-bond donors (Lipinski definition) is 1. The van der Waals surface area contributed by atoms with Gasteiger partial charge in [-0.15, -0.1) is 0 Å². The molecule has 3 aromatic rings. The van der Waals surface area contributed by atoms with Gasteiger partial charge in [-0.05, 0) is 25.1 Å². The molecule has 0 fully saturated rings.